The van der Waals surface area contributed by atoms with E-state index in [9.17, 15) is 0 Å². The van der Waals surface area contributed by atoms with Gasteiger partial charge in [-0.05, 0) is 25.0 Å². The highest BCUT2D eigenvalue weighted by atomic mass is 15.2. The molecule has 7 nitrogen and oxygen atoms in total. The van der Waals surface area contributed by atoms with Crippen molar-refractivity contribution < 1.29 is 0 Å². The molecule has 1 aliphatic carbocycles. The fourth-order valence-corrected chi connectivity index (χ4v) is 2.25. The molecule has 1 saturated carbocycles. The molecule has 22 heavy (non-hydrogen) atoms. The Morgan fingerprint density at radius 1 is 1.18 bits per heavy atom. The van der Waals surface area contributed by atoms with E-state index < -0.39 is 0 Å². The molecule has 0 radical (unpaired) electrons. The van der Waals surface area contributed by atoms with Crippen LogP contribution in [0.1, 0.15) is 12.8 Å². The van der Waals surface area contributed by atoms with Gasteiger partial charge in [-0.15, -0.1) is 0 Å². The van der Waals surface area contributed by atoms with Gasteiger partial charge in [-0.1, -0.05) is 18.2 Å². The van der Waals surface area contributed by atoms with Crippen LogP contribution in [0.4, 0.5) is 17.5 Å². The predicted molar refractivity (Wildman–Crippen MR) is 86.1 cm³/mol. The molecule has 0 atom stereocenters. The predicted octanol–water partition coefficient (Wildman–Crippen LogP) is 2.00. The molecule has 0 amide bonds. The van der Waals surface area contributed by atoms with E-state index in [4.69, 9.17) is 5.73 Å². The van der Waals surface area contributed by atoms with E-state index in [1.807, 2.05) is 30.3 Å². The van der Waals surface area contributed by atoms with Crippen LogP contribution in [0.5, 0.6) is 0 Å². The Morgan fingerprint density at radius 3 is 2.77 bits per heavy atom. The summed E-state index contributed by atoms with van der Waals surface area (Å²) >= 11 is 0. The third-order valence-corrected chi connectivity index (χ3v) is 3.81. The van der Waals surface area contributed by atoms with Crippen molar-refractivity contribution in [2.24, 2.45) is 5.73 Å². The normalized spacial score (nSPS) is 15.7. The third-order valence-electron chi connectivity index (χ3n) is 3.81. The number of nitrogens with zero attached hydrogens (tertiary/aromatic N) is 3. The van der Waals surface area contributed by atoms with Crippen molar-refractivity contribution >= 4 is 28.6 Å². The maximum absolute atomic E-state index is 6.09. The Hall–Kier alpha value is -2.67. The standard InChI is InChI=1S/C15H17N7/c16-15(6-7-15)8-17-14-21-12-11(18-9-19-12)13(22-14)20-10-4-2-1-3-5-10/h1-5,9H,6-8,16H2,(H3,17,18,19,20,21,22). The molecule has 1 aromatic carbocycles. The molecule has 4 rings (SSSR count). The van der Waals surface area contributed by atoms with E-state index in [2.05, 4.69) is 30.6 Å². The van der Waals surface area contributed by atoms with Gasteiger partial charge in [0.1, 0.15) is 5.52 Å². The zero-order chi connectivity index (χ0) is 15.0. The fourth-order valence-electron chi connectivity index (χ4n) is 2.25. The lowest BCUT2D eigenvalue weighted by molar-refractivity contribution is 0.709. The van der Waals surface area contributed by atoms with Crippen LogP contribution in [0.3, 0.4) is 0 Å². The number of nitrogens with one attached hydrogen (secondary N) is 3. The Bertz CT molecular complexity index is 792. The number of aromatic amines is 1. The van der Waals surface area contributed by atoms with Gasteiger partial charge in [0.05, 0.1) is 6.33 Å². The van der Waals surface area contributed by atoms with Gasteiger partial charge in [-0.25, -0.2) is 4.98 Å². The molecular weight excluding hydrogens is 278 g/mol. The number of benzene rings is 1. The van der Waals surface area contributed by atoms with Crippen LogP contribution in [-0.2, 0) is 0 Å². The molecule has 2 aromatic heterocycles. The molecule has 2 heterocycles. The lowest BCUT2D eigenvalue weighted by Gasteiger charge is -2.12. The van der Waals surface area contributed by atoms with Gasteiger partial charge < -0.3 is 21.4 Å². The first-order valence-corrected chi connectivity index (χ1v) is 7.28. The van der Waals surface area contributed by atoms with Crippen molar-refractivity contribution in [2.75, 3.05) is 17.2 Å². The zero-order valence-electron chi connectivity index (χ0n) is 12.0. The van der Waals surface area contributed by atoms with Gasteiger partial charge >= 0.3 is 0 Å². The topological polar surface area (TPSA) is 105 Å². The van der Waals surface area contributed by atoms with Gasteiger partial charge in [0.15, 0.2) is 11.5 Å². The largest absolute Gasteiger partial charge is 0.352 e. The number of nitrogens with two attached hydrogens (primary N) is 1. The maximum Gasteiger partial charge on any atom is 0.226 e. The van der Waals surface area contributed by atoms with Crippen LogP contribution < -0.4 is 16.4 Å². The molecule has 0 spiro atoms. The number of hydrogen-bond acceptors (Lipinski definition) is 6. The molecule has 112 valence electrons. The summed E-state index contributed by atoms with van der Waals surface area (Å²) in [6.45, 7) is 0.674. The van der Waals surface area contributed by atoms with Crippen molar-refractivity contribution in [1.82, 2.24) is 19.9 Å². The average Bonchev–Trinajstić information content (AvgIpc) is 3.08. The Kier molecular flexibility index (Phi) is 2.93. The minimum absolute atomic E-state index is 0.100. The SMILES string of the molecule is NC1(CNc2nc(Nc3ccccc3)c3[nH]cnc3n2)CC1. The monoisotopic (exact) mass is 295 g/mol. The fraction of sp³-hybridized carbons (Fsp3) is 0.267. The minimum Gasteiger partial charge on any atom is -0.352 e. The summed E-state index contributed by atoms with van der Waals surface area (Å²) in [4.78, 5) is 16.2. The molecule has 0 bridgehead atoms. The second kappa shape index (κ2) is 4.96. The number of imidazole rings is 1. The van der Waals surface area contributed by atoms with Crippen molar-refractivity contribution in [3.05, 3.63) is 36.7 Å². The van der Waals surface area contributed by atoms with Gasteiger partial charge in [-0.2, -0.15) is 9.97 Å². The Morgan fingerprint density at radius 2 is 2.00 bits per heavy atom. The van der Waals surface area contributed by atoms with Crippen LogP contribution in [0.25, 0.3) is 11.2 Å². The number of hydrogen-bond donors (Lipinski definition) is 4. The molecule has 0 unspecified atom stereocenters. The van der Waals surface area contributed by atoms with Crippen molar-refractivity contribution in [2.45, 2.75) is 18.4 Å². The molecule has 1 aliphatic rings. The highest BCUT2D eigenvalue weighted by Gasteiger charge is 2.38. The number of H-pyrrole nitrogens is 1. The second-order valence-electron chi connectivity index (χ2n) is 5.70. The molecule has 7 heteroatoms. The molecule has 0 aliphatic heterocycles. The van der Waals surface area contributed by atoms with Crippen LogP contribution in [0, 0.1) is 0 Å². The number of anilines is 3. The summed E-state index contributed by atoms with van der Waals surface area (Å²) in [5.41, 5.74) is 8.36. The average molecular weight is 295 g/mol. The molecule has 5 N–H and O–H groups in total. The van der Waals surface area contributed by atoms with Gasteiger partial charge in [0, 0.05) is 17.8 Å². The lowest BCUT2D eigenvalue weighted by atomic mass is 10.3. The number of para-hydroxylation sites is 1. The zero-order valence-corrected chi connectivity index (χ0v) is 12.0. The third kappa shape index (κ3) is 2.58. The molecular formula is C15H17N7. The van der Waals surface area contributed by atoms with E-state index in [1.165, 1.54) is 0 Å². The summed E-state index contributed by atoms with van der Waals surface area (Å²) in [6.07, 6.45) is 3.70. The summed E-state index contributed by atoms with van der Waals surface area (Å²) in [5.74, 6) is 1.23. The van der Waals surface area contributed by atoms with Crippen LogP contribution >= 0.6 is 0 Å². The Balaban J connectivity index is 1.64. The van der Waals surface area contributed by atoms with Crippen LogP contribution in [0.2, 0.25) is 0 Å². The van der Waals surface area contributed by atoms with E-state index in [1.54, 1.807) is 6.33 Å². The highest BCUT2D eigenvalue weighted by Crippen LogP contribution is 2.32. The minimum atomic E-state index is -0.100. The van der Waals surface area contributed by atoms with Crippen LogP contribution in [0.15, 0.2) is 36.7 Å². The van der Waals surface area contributed by atoms with Gasteiger partial charge in [-0.3, -0.25) is 0 Å². The van der Waals surface area contributed by atoms with E-state index in [0.717, 1.165) is 24.0 Å². The second-order valence-corrected chi connectivity index (χ2v) is 5.70. The molecule has 3 aromatic rings. The summed E-state index contributed by atoms with van der Waals surface area (Å²) in [6, 6.07) is 9.88. The summed E-state index contributed by atoms with van der Waals surface area (Å²) in [7, 11) is 0. The van der Waals surface area contributed by atoms with Crippen molar-refractivity contribution in [1.29, 1.82) is 0 Å². The maximum atomic E-state index is 6.09. The first-order chi connectivity index (χ1) is 10.7. The van der Waals surface area contributed by atoms with E-state index in [-0.39, 0.29) is 5.54 Å². The first-order valence-electron chi connectivity index (χ1n) is 7.28. The lowest BCUT2D eigenvalue weighted by Crippen LogP contribution is -2.31. The molecule has 1 fully saturated rings. The number of aromatic nitrogens is 4. The van der Waals surface area contributed by atoms with Gasteiger partial charge in [0.2, 0.25) is 5.95 Å². The van der Waals surface area contributed by atoms with Crippen molar-refractivity contribution in [3.8, 4) is 0 Å². The smallest absolute Gasteiger partial charge is 0.226 e. The van der Waals surface area contributed by atoms with E-state index in [0.29, 0.717) is 24.0 Å². The quantitative estimate of drug-likeness (QED) is 0.574. The van der Waals surface area contributed by atoms with Crippen LogP contribution in [-0.4, -0.2) is 32.0 Å². The first kappa shape index (κ1) is 13.0. The summed E-state index contributed by atoms with van der Waals surface area (Å²) < 4.78 is 0. The van der Waals surface area contributed by atoms with Gasteiger partial charge in [0.25, 0.3) is 0 Å². The summed E-state index contributed by atoms with van der Waals surface area (Å²) in [5, 5.41) is 6.51. The van der Waals surface area contributed by atoms with Crippen molar-refractivity contribution in [3.63, 3.8) is 0 Å². The van der Waals surface area contributed by atoms with E-state index >= 15 is 0 Å². The number of rotatable bonds is 5. The number of fused-ring (bicyclic) bond motifs is 1. The highest BCUT2D eigenvalue weighted by molar-refractivity contribution is 5.86. The molecule has 0 saturated heterocycles. The Labute approximate surface area is 127 Å².